The van der Waals surface area contributed by atoms with Gasteiger partial charge in [-0.25, -0.2) is 4.98 Å². The van der Waals surface area contributed by atoms with Gasteiger partial charge in [-0.1, -0.05) is 12.1 Å². The lowest BCUT2D eigenvalue weighted by molar-refractivity contribution is 0.0940. The molecule has 1 aliphatic rings. The Balaban J connectivity index is 1.40. The Labute approximate surface area is 177 Å². The Morgan fingerprint density at radius 3 is 2.68 bits per heavy atom. The number of thiazole rings is 1. The fraction of sp³-hybridized carbons (Fsp3) is 0.286. The van der Waals surface area contributed by atoms with Crippen LogP contribution in [0, 0.1) is 0 Å². The molecule has 1 atom stereocenters. The smallest absolute Gasteiger partial charge is 0.251 e. The van der Waals surface area contributed by atoms with Crippen molar-refractivity contribution < 1.29 is 4.79 Å². The summed E-state index contributed by atoms with van der Waals surface area (Å²) in [5, 5.41) is 5.95. The molecule has 4 nitrogen and oxygen atoms in total. The zero-order valence-electron chi connectivity index (χ0n) is 15.5. The fourth-order valence-electron chi connectivity index (χ4n) is 2.95. The number of amides is 1. The molecule has 1 aromatic carbocycles. The van der Waals surface area contributed by atoms with Crippen LogP contribution >= 0.6 is 34.9 Å². The molecule has 0 aliphatic carbocycles. The minimum Gasteiger partial charge on any atom is -0.343 e. The van der Waals surface area contributed by atoms with Crippen molar-refractivity contribution >= 4 is 40.8 Å². The van der Waals surface area contributed by atoms with Gasteiger partial charge in [0.2, 0.25) is 0 Å². The van der Waals surface area contributed by atoms with Crippen LogP contribution in [0.2, 0.25) is 0 Å². The zero-order chi connectivity index (χ0) is 19.3. The van der Waals surface area contributed by atoms with E-state index in [4.69, 9.17) is 0 Å². The summed E-state index contributed by atoms with van der Waals surface area (Å²) in [4.78, 5) is 21.4. The van der Waals surface area contributed by atoms with E-state index < -0.39 is 0 Å². The van der Waals surface area contributed by atoms with E-state index in [9.17, 15) is 4.79 Å². The van der Waals surface area contributed by atoms with Crippen LogP contribution in [0.4, 0.5) is 0 Å². The van der Waals surface area contributed by atoms with Crippen molar-refractivity contribution in [3.05, 3.63) is 70.3 Å². The van der Waals surface area contributed by atoms with Gasteiger partial charge in [0.25, 0.3) is 5.91 Å². The minimum absolute atomic E-state index is 0.0684. The molecule has 0 bridgehead atoms. The molecular formula is C21H21N3OS3. The van der Waals surface area contributed by atoms with Crippen LogP contribution in [0.1, 0.15) is 44.9 Å². The Hall–Kier alpha value is -1.83. The topological polar surface area (TPSA) is 54.9 Å². The number of aromatic nitrogens is 2. The number of nitrogens with zero attached hydrogens (tertiary/aromatic N) is 2. The van der Waals surface area contributed by atoms with Gasteiger partial charge in [-0.05, 0) is 54.7 Å². The van der Waals surface area contributed by atoms with Crippen molar-refractivity contribution in [2.24, 2.45) is 0 Å². The Morgan fingerprint density at radius 1 is 1.18 bits per heavy atom. The number of benzene rings is 1. The molecule has 0 saturated carbocycles. The third-order valence-corrected chi connectivity index (χ3v) is 8.51. The van der Waals surface area contributed by atoms with Crippen molar-refractivity contribution in [2.75, 3.05) is 11.5 Å². The van der Waals surface area contributed by atoms with Gasteiger partial charge in [-0.3, -0.25) is 9.78 Å². The van der Waals surface area contributed by atoms with E-state index >= 15 is 0 Å². The van der Waals surface area contributed by atoms with Crippen molar-refractivity contribution in [2.45, 2.75) is 24.0 Å². The maximum atomic E-state index is 12.6. The number of carbonyl (C=O) groups excluding carboxylic acids is 1. The number of thioether (sulfide) groups is 2. The molecule has 2 aromatic heterocycles. The molecule has 1 aliphatic heterocycles. The lowest BCUT2D eigenvalue weighted by Gasteiger charge is -2.21. The molecule has 1 saturated heterocycles. The van der Waals surface area contributed by atoms with Gasteiger partial charge in [-0.2, -0.15) is 0 Å². The first-order valence-electron chi connectivity index (χ1n) is 9.20. The van der Waals surface area contributed by atoms with E-state index in [1.165, 1.54) is 23.5 Å². The van der Waals surface area contributed by atoms with Crippen LogP contribution in [0.25, 0.3) is 11.3 Å². The second-order valence-corrected chi connectivity index (χ2v) is 10.2. The highest BCUT2D eigenvalue weighted by Gasteiger charge is 2.18. The molecular weight excluding hydrogens is 406 g/mol. The summed E-state index contributed by atoms with van der Waals surface area (Å²) < 4.78 is 0.492. The number of nitrogens with one attached hydrogen (secondary N) is 1. The van der Waals surface area contributed by atoms with Crippen molar-refractivity contribution in [1.82, 2.24) is 15.3 Å². The molecule has 3 heterocycles. The maximum absolute atomic E-state index is 12.6. The standard InChI is InChI=1S/C21H21N3OS3/c1-14(20-24-18(13-28-20)17-4-2-9-22-12-17)23-19(25)15-5-7-16(8-6-15)21-26-10-3-11-27-21/h2,4-9,12-14,21H,3,10-11H2,1H3,(H,23,25). The number of hydrogen-bond donors (Lipinski definition) is 1. The summed E-state index contributed by atoms with van der Waals surface area (Å²) in [6, 6.07) is 11.8. The van der Waals surface area contributed by atoms with Gasteiger partial charge in [0.1, 0.15) is 5.01 Å². The molecule has 1 unspecified atom stereocenters. The number of carbonyl (C=O) groups is 1. The summed E-state index contributed by atoms with van der Waals surface area (Å²) in [7, 11) is 0. The first kappa shape index (κ1) is 19.5. The second-order valence-electron chi connectivity index (χ2n) is 6.56. The van der Waals surface area contributed by atoms with Crippen molar-refractivity contribution in [3.8, 4) is 11.3 Å². The van der Waals surface area contributed by atoms with Crippen LogP contribution in [0.5, 0.6) is 0 Å². The van der Waals surface area contributed by atoms with Gasteiger partial charge < -0.3 is 5.32 Å². The van der Waals surface area contributed by atoms with Crippen LogP contribution in [-0.4, -0.2) is 27.4 Å². The first-order valence-corrected chi connectivity index (χ1v) is 12.2. The highest BCUT2D eigenvalue weighted by molar-refractivity contribution is 8.16. The molecule has 144 valence electrons. The van der Waals surface area contributed by atoms with E-state index in [1.807, 2.05) is 60.1 Å². The summed E-state index contributed by atoms with van der Waals surface area (Å²) in [6.45, 7) is 1.97. The molecule has 7 heteroatoms. The molecule has 1 fully saturated rings. The van der Waals surface area contributed by atoms with Gasteiger partial charge in [0.15, 0.2) is 0 Å². The van der Waals surface area contributed by atoms with Gasteiger partial charge in [0, 0.05) is 28.9 Å². The average Bonchev–Trinajstić information content (AvgIpc) is 3.26. The Morgan fingerprint density at radius 2 is 1.96 bits per heavy atom. The monoisotopic (exact) mass is 427 g/mol. The van der Waals surface area contributed by atoms with Crippen molar-refractivity contribution in [3.63, 3.8) is 0 Å². The molecule has 1 amide bonds. The van der Waals surface area contributed by atoms with E-state index in [0.717, 1.165) is 16.3 Å². The number of rotatable bonds is 5. The Bertz CT molecular complexity index is 922. The van der Waals surface area contributed by atoms with Crippen LogP contribution in [0.3, 0.4) is 0 Å². The van der Waals surface area contributed by atoms with Gasteiger partial charge in [-0.15, -0.1) is 34.9 Å². The highest BCUT2D eigenvalue weighted by atomic mass is 32.2. The second kappa shape index (κ2) is 9.11. The fourth-order valence-corrected chi connectivity index (χ4v) is 6.68. The average molecular weight is 428 g/mol. The predicted molar refractivity (Wildman–Crippen MR) is 120 cm³/mol. The molecule has 3 aromatic rings. The quantitative estimate of drug-likeness (QED) is 0.577. The lowest BCUT2D eigenvalue weighted by Crippen LogP contribution is -2.26. The summed E-state index contributed by atoms with van der Waals surface area (Å²) >= 11 is 5.53. The SMILES string of the molecule is CC(NC(=O)c1ccc(C2SCCCS2)cc1)c1nc(-c2cccnc2)cs1. The molecule has 28 heavy (non-hydrogen) atoms. The summed E-state index contributed by atoms with van der Waals surface area (Å²) in [5.41, 5.74) is 3.85. The molecule has 0 spiro atoms. The zero-order valence-corrected chi connectivity index (χ0v) is 17.9. The summed E-state index contributed by atoms with van der Waals surface area (Å²) in [6.07, 6.45) is 4.83. The van der Waals surface area contributed by atoms with Gasteiger partial charge >= 0.3 is 0 Å². The van der Waals surface area contributed by atoms with E-state index in [0.29, 0.717) is 10.1 Å². The summed E-state index contributed by atoms with van der Waals surface area (Å²) in [5.74, 6) is 2.36. The largest absolute Gasteiger partial charge is 0.343 e. The van der Waals surface area contributed by atoms with Crippen LogP contribution < -0.4 is 5.32 Å². The lowest BCUT2D eigenvalue weighted by atomic mass is 10.1. The van der Waals surface area contributed by atoms with Crippen LogP contribution in [-0.2, 0) is 0 Å². The number of pyridine rings is 1. The molecule has 0 radical (unpaired) electrons. The first-order chi connectivity index (χ1) is 13.7. The van der Waals surface area contributed by atoms with Crippen molar-refractivity contribution in [1.29, 1.82) is 0 Å². The van der Waals surface area contributed by atoms with E-state index in [2.05, 4.69) is 27.4 Å². The van der Waals surface area contributed by atoms with E-state index in [1.54, 1.807) is 23.7 Å². The third kappa shape index (κ3) is 4.59. The molecule has 4 rings (SSSR count). The van der Waals surface area contributed by atoms with E-state index in [-0.39, 0.29) is 11.9 Å². The predicted octanol–water partition coefficient (Wildman–Crippen LogP) is 5.56. The number of hydrogen-bond acceptors (Lipinski definition) is 6. The normalized spacial score (nSPS) is 15.9. The highest BCUT2D eigenvalue weighted by Crippen LogP contribution is 2.43. The third-order valence-electron chi connectivity index (χ3n) is 4.47. The van der Waals surface area contributed by atoms with Crippen LogP contribution in [0.15, 0.2) is 54.2 Å². The molecule has 1 N–H and O–H groups in total. The Kier molecular flexibility index (Phi) is 6.34. The maximum Gasteiger partial charge on any atom is 0.251 e. The van der Waals surface area contributed by atoms with Gasteiger partial charge in [0.05, 0.1) is 16.3 Å². The minimum atomic E-state index is -0.146.